The first kappa shape index (κ1) is 23.7. The molecule has 0 bridgehead atoms. The maximum atomic E-state index is 13.9. The summed E-state index contributed by atoms with van der Waals surface area (Å²) in [5.74, 6) is 0.846. The molecule has 3 aromatic heterocycles. The zero-order chi connectivity index (χ0) is 25.2. The Morgan fingerprint density at radius 2 is 2.03 bits per heavy atom. The van der Waals surface area contributed by atoms with Crippen LogP contribution in [0.1, 0.15) is 18.4 Å². The topological polar surface area (TPSA) is 90.1 Å². The van der Waals surface area contributed by atoms with Crippen LogP contribution in [0.4, 0.5) is 16.0 Å². The number of likely N-dealkylation sites (tertiary alicyclic amines) is 1. The second-order valence-electron chi connectivity index (χ2n) is 9.02. The number of hydrogen-bond acceptors (Lipinski definition) is 7. The molecule has 0 aliphatic carbocycles. The molecule has 10 heteroatoms. The largest absolute Gasteiger partial charge is 0.474 e. The molecule has 1 aliphatic heterocycles. The van der Waals surface area contributed by atoms with Crippen molar-refractivity contribution in [1.29, 1.82) is 0 Å². The Labute approximate surface area is 207 Å². The summed E-state index contributed by atoms with van der Waals surface area (Å²) in [6, 6.07) is 10.0. The molecule has 4 aromatic rings. The Bertz CT molecular complexity index is 1450. The van der Waals surface area contributed by atoms with Gasteiger partial charge in [0.1, 0.15) is 17.3 Å². The maximum absolute atomic E-state index is 13.9. The molecule has 36 heavy (non-hydrogen) atoms. The number of rotatable bonds is 7. The van der Waals surface area contributed by atoms with Gasteiger partial charge in [0.25, 0.3) is 5.56 Å². The molecule has 1 fully saturated rings. The van der Waals surface area contributed by atoms with Crippen LogP contribution in [0.5, 0.6) is 5.88 Å². The number of anilines is 2. The highest BCUT2D eigenvalue weighted by molar-refractivity contribution is 5.77. The normalized spacial score (nSPS) is 14.8. The first-order chi connectivity index (χ1) is 17.4. The molecule has 5 rings (SSSR count). The van der Waals surface area contributed by atoms with Crippen molar-refractivity contribution in [1.82, 2.24) is 29.2 Å². The van der Waals surface area contributed by atoms with Gasteiger partial charge >= 0.3 is 0 Å². The van der Waals surface area contributed by atoms with E-state index in [1.165, 1.54) is 23.0 Å². The predicted molar refractivity (Wildman–Crippen MR) is 137 cm³/mol. The molecule has 9 nitrogen and oxygen atoms in total. The van der Waals surface area contributed by atoms with Crippen molar-refractivity contribution < 1.29 is 9.13 Å². The van der Waals surface area contributed by atoms with E-state index < -0.39 is 0 Å². The molecule has 0 unspecified atom stereocenters. The van der Waals surface area contributed by atoms with Gasteiger partial charge in [0.15, 0.2) is 11.5 Å². The van der Waals surface area contributed by atoms with Crippen LogP contribution in [-0.4, -0.2) is 55.5 Å². The smallest absolute Gasteiger partial charge is 0.278 e. The first-order valence-corrected chi connectivity index (χ1v) is 11.9. The molecular weight excluding hydrogens is 461 g/mol. The van der Waals surface area contributed by atoms with E-state index in [2.05, 4.69) is 33.8 Å². The summed E-state index contributed by atoms with van der Waals surface area (Å²) in [7, 11) is 2.10. The third-order valence-corrected chi connectivity index (χ3v) is 6.15. The van der Waals surface area contributed by atoms with Crippen LogP contribution in [0.15, 0.2) is 60.0 Å². The van der Waals surface area contributed by atoms with Crippen molar-refractivity contribution in [2.24, 2.45) is 0 Å². The molecule has 0 atom stereocenters. The van der Waals surface area contributed by atoms with Gasteiger partial charge in [-0.1, -0.05) is 12.1 Å². The average Bonchev–Trinajstić information content (AvgIpc) is 3.11. The van der Waals surface area contributed by atoms with Crippen molar-refractivity contribution >= 4 is 22.7 Å². The number of aromatic nitrogens is 5. The Morgan fingerprint density at radius 1 is 1.22 bits per heavy atom. The summed E-state index contributed by atoms with van der Waals surface area (Å²) >= 11 is 0. The molecule has 0 saturated carbocycles. The monoisotopic (exact) mass is 489 g/mol. The Balaban J connectivity index is 1.54. The van der Waals surface area contributed by atoms with Gasteiger partial charge < -0.3 is 15.0 Å². The number of halogens is 1. The number of pyridine rings is 1. The van der Waals surface area contributed by atoms with Gasteiger partial charge in [-0.15, -0.1) is 6.58 Å². The van der Waals surface area contributed by atoms with Gasteiger partial charge in [0, 0.05) is 31.0 Å². The molecule has 0 spiro atoms. The standard InChI is InChI=1S/C26H28FN7O2/c1-4-10-33-25(35)21-16-28-26(29-19-14-17(2)13-18(27)15-19)31-24(21)34(33)22-6-5-7-23(30-22)36-20-8-11-32(3)12-9-20/h4-7,13-16,20H,1,8-12H2,2-3H3,(H,28,29,31). The fourth-order valence-electron chi connectivity index (χ4n) is 4.41. The van der Waals surface area contributed by atoms with Crippen molar-refractivity contribution in [2.45, 2.75) is 32.4 Å². The minimum atomic E-state index is -0.363. The summed E-state index contributed by atoms with van der Waals surface area (Å²) in [5.41, 5.74) is 1.38. The number of nitrogens with one attached hydrogen (secondary N) is 1. The fraction of sp³-hybridized carbons (Fsp3) is 0.308. The van der Waals surface area contributed by atoms with Crippen LogP contribution in [-0.2, 0) is 6.54 Å². The number of aryl methyl sites for hydroxylation is 1. The number of hydrogen-bond donors (Lipinski definition) is 1. The van der Waals surface area contributed by atoms with Crippen molar-refractivity contribution in [3.8, 4) is 11.7 Å². The molecule has 0 amide bonds. The van der Waals surface area contributed by atoms with Crippen LogP contribution < -0.4 is 15.6 Å². The number of benzene rings is 1. The highest BCUT2D eigenvalue weighted by atomic mass is 19.1. The number of allylic oxidation sites excluding steroid dienone is 1. The maximum Gasteiger partial charge on any atom is 0.278 e. The average molecular weight is 490 g/mol. The Morgan fingerprint density at radius 3 is 2.78 bits per heavy atom. The minimum Gasteiger partial charge on any atom is -0.474 e. The Hall–Kier alpha value is -4.05. The summed E-state index contributed by atoms with van der Waals surface area (Å²) in [6.45, 7) is 7.79. The molecule has 1 saturated heterocycles. The second-order valence-corrected chi connectivity index (χ2v) is 9.02. The van der Waals surface area contributed by atoms with Crippen LogP contribution in [0.2, 0.25) is 0 Å². The lowest BCUT2D eigenvalue weighted by molar-refractivity contribution is 0.110. The molecule has 0 radical (unpaired) electrons. The van der Waals surface area contributed by atoms with Gasteiger partial charge in [-0.25, -0.2) is 18.7 Å². The highest BCUT2D eigenvalue weighted by Gasteiger charge is 2.21. The summed E-state index contributed by atoms with van der Waals surface area (Å²) in [4.78, 5) is 29.1. The predicted octanol–water partition coefficient (Wildman–Crippen LogP) is 3.83. The lowest BCUT2D eigenvalue weighted by Gasteiger charge is -2.29. The molecule has 1 aliphatic rings. The molecular formula is C26H28FN7O2. The van der Waals surface area contributed by atoms with Gasteiger partial charge in [0.05, 0.1) is 6.54 Å². The quantitative estimate of drug-likeness (QED) is 0.395. The third kappa shape index (κ3) is 4.85. The Kier molecular flexibility index (Phi) is 6.51. The first-order valence-electron chi connectivity index (χ1n) is 11.9. The summed E-state index contributed by atoms with van der Waals surface area (Å²) in [6.07, 6.45) is 5.05. The van der Waals surface area contributed by atoms with E-state index in [1.54, 1.807) is 29.8 Å². The zero-order valence-corrected chi connectivity index (χ0v) is 20.3. The number of ether oxygens (including phenoxy) is 1. The summed E-state index contributed by atoms with van der Waals surface area (Å²) in [5, 5.41) is 3.36. The molecule has 1 N–H and O–H groups in total. The molecule has 186 valence electrons. The van der Waals surface area contributed by atoms with E-state index in [4.69, 9.17) is 9.72 Å². The van der Waals surface area contributed by atoms with Crippen molar-refractivity contribution in [3.05, 3.63) is 77.0 Å². The van der Waals surface area contributed by atoms with E-state index in [9.17, 15) is 9.18 Å². The van der Waals surface area contributed by atoms with Gasteiger partial charge in [-0.2, -0.15) is 9.97 Å². The lowest BCUT2D eigenvalue weighted by Crippen LogP contribution is -2.35. The van der Waals surface area contributed by atoms with Crippen LogP contribution in [0.25, 0.3) is 16.9 Å². The number of fused-ring (bicyclic) bond motifs is 1. The van der Waals surface area contributed by atoms with Crippen molar-refractivity contribution in [3.63, 3.8) is 0 Å². The van der Waals surface area contributed by atoms with E-state index >= 15 is 0 Å². The van der Waals surface area contributed by atoms with Crippen LogP contribution >= 0.6 is 0 Å². The second kappa shape index (κ2) is 9.90. The van der Waals surface area contributed by atoms with Gasteiger partial charge in [0.2, 0.25) is 11.8 Å². The molecule has 1 aromatic carbocycles. The van der Waals surface area contributed by atoms with E-state index in [-0.39, 0.29) is 30.0 Å². The van der Waals surface area contributed by atoms with Gasteiger partial charge in [-0.05, 0) is 56.6 Å². The molecule has 4 heterocycles. The fourth-order valence-corrected chi connectivity index (χ4v) is 4.41. The summed E-state index contributed by atoms with van der Waals surface area (Å²) < 4.78 is 23.2. The van der Waals surface area contributed by atoms with Gasteiger partial charge in [-0.3, -0.25) is 4.79 Å². The highest BCUT2D eigenvalue weighted by Crippen LogP contribution is 2.22. The number of nitrogens with zero attached hydrogens (tertiary/aromatic N) is 6. The SMILES string of the molecule is C=CCn1c(=O)c2cnc(Nc3cc(C)cc(F)c3)nc2n1-c1cccc(OC2CCN(C)CC2)n1. The minimum absolute atomic E-state index is 0.0913. The van der Waals surface area contributed by atoms with E-state index in [0.29, 0.717) is 28.4 Å². The number of piperidine rings is 1. The van der Waals surface area contributed by atoms with Crippen molar-refractivity contribution in [2.75, 3.05) is 25.5 Å². The van der Waals surface area contributed by atoms with Crippen LogP contribution in [0, 0.1) is 12.7 Å². The van der Waals surface area contributed by atoms with E-state index in [0.717, 1.165) is 31.5 Å². The third-order valence-electron chi connectivity index (χ3n) is 6.15. The van der Waals surface area contributed by atoms with Crippen LogP contribution in [0.3, 0.4) is 0 Å². The lowest BCUT2D eigenvalue weighted by atomic mass is 10.1. The zero-order valence-electron chi connectivity index (χ0n) is 20.3. The van der Waals surface area contributed by atoms with E-state index in [1.807, 2.05) is 12.1 Å².